The highest BCUT2D eigenvalue weighted by Gasteiger charge is 2.37. The Morgan fingerprint density at radius 3 is 2.82 bits per heavy atom. The number of hydrogen-bond donors (Lipinski definition) is 2. The molecule has 1 aliphatic rings. The fourth-order valence-corrected chi connectivity index (χ4v) is 0.997. The van der Waals surface area contributed by atoms with Crippen LogP contribution in [0.1, 0.15) is 13.3 Å². The Hall–Kier alpha value is -1.26. The van der Waals surface area contributed by atoms with Crippen molar-refractivity contribution in [3.8, 4) is 0 Å². The number of nitrogens with one attached hydrogen (secondary N) is 1. The number of amides is 1. The van der Waals surface area contributed by atoms with Crippen molar-refractivity contribution < 1.29 is 19.4 Å². The largest absolute Gasteiger partial charge is 0.478 e. The maximum Gasteiger partial charge on any atom is 0.408 e. The second-order valence-corrected chi connectivity index (χ2v) is 2.32. The summed E-state index contributed by atoms with van der Waals surface area (Å²) in [5, 5.41) is 10.9. The summed E-state index contributed by atoms with van der Waals surface area (Å²) in [5.41, 5.74) is 0. The first-order valence-corrected chi connectivity index (χ1v) is 3.35. The topological polar surface area (TPSA) is 75.6 Å². The van der Waals surface area contributed by atoms with Crippen molar-refractivity contribution in [3.63, 3.8) is 0 Å². The van der Waals surface area contributed by atoms with Gasteiger partial charge in [-0.15, -0.1) is 0 Å². The Balaban J connectivity index is 2.64. The highest BCUT2D eigenvalue weighted by molar-refractivity contribution is 5.82. The lowest BCUT2D eigenvalue weighted by atomic mass is 10.1. The Kier molecular flexibility index (Phi) is 1.98. The summed E-state index contributed by atoms with van der Waals surface area (Å²) >= 11 is 0. The molecule has 1 saturated heterocycles. The number of cyclic esters (lactones) is 1. The fraction of sp³-hybridized carbons (Fsp3) is 0.667. The minimum absolute atomic E-state index is 0.389. The fourth-order valence-electron chi connectivity index (χ4n) is 0.997. The van der Waals surface area contributed by atoms with Gasteiger partial charge in [-0.2, -0.15) is 0 Å². The minimum atomic E-state index is -1.10. The molecule has 5 heteroatoms. The van der Waals surface area contributed by atoms with Crippen LogP contribution in [-0.4, -0.2) is 29.3 Å². The van der Waals surface area contributed by atoms with Gasteiger partial charge in [0.05, 0.1) is 6.04 Å². The predicted molar refractivity (Wildman–Crippen MR) is 35.1 cm³/mol. The van der Waals surface area contributed by atoms with E-state index in [1.807, 2.05) is 0 Å². The summed E-state index contributed by atoms with van der Waals surface area (Å²) in [5.74, 6) is -1.10. The molecule has 62 valence electrons. The van der Waals surface area contributed by atoms with E-state index in [-0.39, 0.29) is 6.04 Å². The molecule has 1 fully saturated rings. The third kappa shape index (κ3) is 1.42. The summed E-state index contributed by atoms with van der Waals surface area (Å²) in [6, 6.07) is -0.389. The number of carboxylic acid groups (broad SMARTS) is 1. The quantitative estimate of drug-likeness (QED) is 0.592. The van der Waals surface area contributed by atoms with Crippen molar-refractivity contribution in [1.29, 1.82) is 0 Å². The number of alkyl carbamates (subject to hydrolysis) is 1. The third-order valence-electron chi connectivity index (χ3n) is 1.59. The van der Waals surface area contributed by atoms with Gasteiger partial charge in [-0.1, -0.05) is 6.92 Å². The Morgan fingerprint density at radius 1 is 1.82 bits per heavy atom. The highest BCUT2D eigenvalue weighted by atomic mass is 16.6. The predicted octanol–water partition coefficient (Wildman–Crippen LogP) is -0.0420. The van der Waals surface area contributed by atoms with Gasteiger partial charge in [-0.3, -0.25) is 0 Å². The Morgan fingerprint density at radius 2 is 2.45 bits per heavy atom. The van der Waals surface area contributed by atoms with E-state index in [0.29, 0.717) is 6.42 Å². The lowest BCUT2D eigenvalue weighted by Crippen LogP contribution is -2.35. The van der Waals surface area contributed by atoms with E-state index in [9.17, 15) is 9.59 Å². The number of rotatable bonds is 2. The molecule has 1 aliphatic heterocycles. The van der Waals surface area contributed by atoms with E-state index in [2.05, 4.69) is 10.1 Å². The van der Waals surface area contributed by atoms with Crippen LogP contribution >= 0.6 is 0 Å². The van der Waals surface area contributed by atoms with Crippen molar-refractivity contribution in [2.24, 2.45) is 0 Å². The van der Waals surface area contributed by atoms with Crippen molar-refractivity contribution in [2.75, 3.05) is 0 Å². The normalized spacial score (nSPS) is 29.4. The summed E-state index contributed by atoms with van der Waals surface area (Å²) in [6.45, 7) is 1.79. The number of aliphatic carboxylic acids is 1. The van der Waals surface area contributed by atoms with Gasteiger partial charge < -0.3 is 15.2 Å². The first-order valence-electron chi connectivity index (χ1n) is 3.35. The van der Waals surface area contributed by atoms with Crippen molar-refractivity contribution >= 4 is 12.1 Å². The van der Waals surface area contributed by atoms with E-state index in [1.54, 1.807) is 6.92 Å². The molecule has 5 nitrogen and oxygen atoms in total. The van der Waals surface area contributed by atoms with Crippen molar-refractivity contribution in [1.82, 2.24) is 5.32 Å². The van der Waals surface area contributed by atoms with Crippen LogP contribution in [0.2, 0.25) is 0 Å². The molecule has 11 heavy (non-hydrogen) atoms. The monoisotopic (exact) mass is 159 g/mol. The van der Waals surface area contributed by atoms with Gasteiger partial charge in [0.2, 0.25) is 6.10 Å². The zero-order valence-electron chi connectivity index (χ0n) is 6.03. The maximum atomic E-state index is 10.5. The number of hydrogen-bond acceptors (Lipinski definition) is 3. The lowest BCUT2D eigenvalue weighted by molar-refractivity contribution is -0.145. The number of carboxylic acids is 1. The van der Waals surface area contributed by atoms with Crippen LogP contribution in [0.4, 0.5) is 4.79 Å². The third-order valence-corrected chi connectivity index (χ3v) is 1.59. The van der Waals surface area contributed by atoms with E-state index >= 15 is 0 Å². The van der Waals surface area contributed by atoms with Crippen LogP contribution in [-0.2, 0) is 9.53 Å². The molecule has 1 heterocycles. The van der Waals surface area contributed by atoms with Crippen LogP contribution in [0.3, 0.4) is 0 Å². The number of carbonyl (C=O) groups excluding carboxylic acids is 1. The Labute approximate surface area is 63.3 Å². The molecule has 0 aromatic rings. The number of ether oxygens (including phenoxy) is 1. The van der Waals surface area contributed by atoms with E-state index in [1.165, 1.54) is 0 Å². The average molecular weight is 159 g/mol. The molecular weight excluding hydrogens is 150 g/mol. The van der Waals surface area contributed by atoms with Crippen LogP contribution in [0, 0.1) is 0 Å². The Bertz CT molecular complexity index is 191. The second kappa shape index (κ2) is 2.77. The molecular formula is C6H9NO4. The minimum Gasteiger partial charge on any atom is -0.478 e. The van der Waals surface area contributed by atoms with Gasteiger partial charge in [0.15, 0.2) is 0 Å². The van der Waals surface area contributed by atoms with Gasteiger partial charge in [0.1, 0.15) is 0 Å². The molecule has 0 aliphatic carbocycles. The van der Waals surface area contributed by atoms with E-state index < -0.39 is 18.2 Å². The van der Waals surface area contributed by atoms with Gasteiger partial charge in [0.25, 0.3) is 0 Å². The molecule has 2 atom stereocenters. The zero-order valence-corrected chi connectivity index (χ0v) is 6.03. The molecule has 0 bridgehead atoms. The van der Waals surface area contributed by atoms with E-state index in [0.717, 1.165) is 0 Å². The van der Waals surface area contributed by atoms with Crippen molar-refractivity contribution in [3.05, 3.63) is 0 Å². The van der Waals surface area contributed by atoms with Crippen LogP contribution in [0.5, 0.6) is 0 Å². The molecule has 0 spiro atoms. The smallest absolute Gasteiger partial charge is 0.408 e. The molecule has 1 rings (SSSR count). The second-order valence-electron chi connectivity index (χ2n) is 2.32. The molecule has 2 N–H and O–H groups in total. The molecule has 1 amide bonds. The SMILES string of the molecule is CC[C@@H]1NC(=O)O[C@@H]1C(=O)O. The van der Waals surface area contributed by atoms with Gasteiger partial charge >= 0.3 is 12.1 Å². The van der Waals surface area contributed by atoms with Crippen LogP contribution < -0.4 is 5.32 Å². The standard InChI is InChI=1S/C6H9NO4/c1-2-3-4(5(8)9)11-6(10)7-3/h3-4H,2H2,1H3,(H,7,10)(H,8,9)/t3-,4-/m0/s1. The van der Waals surface area contributed by atoms with Gasteiger partial charge in [0, 0.05) is 0 Å². The first kappa shape index (κ1) is 7.84. The molecule has 0 aromatic heterocycles. The zero-order chi connectivity index (χ0) is 8.43. The summed E-state index contributed by atoms with van der Waals surface area (Å²) in [4.78, 5) is 20.9. The summed E-state index contributed by atoms with van der Waals surface area (Å²) in [7, 11) is 0. The van der Waals surface area contributed by atoms with Crippen LogP contribution in [0.15, 0.2) is 0 Å². The first-order chi connectivity index (χ1) is 5.15. The molecule has 0 unspecified atom stereocenters. The maximum absolute atomic E-state index is 10.5. The van der Waals surface area contributed by atoms with Gasteiger partial charge in [-0.05, 0) is 6.42 Å². The molecule has 0 saturated carbocycles. The van der Waals surface area contributed by atoms with E-state index in [4.69, 9.17) is 5.11 Å². The molecule has 0 radical (unpaired) electrons. The number of carbonyl (C=O) groups is 2. The van der Waals surface area contributed by atoms with Crippen LogP contribution in [0.25, 0.3) is 0 Å². The summed E-state index contributed by atoms with van der Waals surface area (Å²) < 4.78 is 4.48. The van der Waals surface area contributed by atoms with Crippen molar-refractivity contribution in [2.45, 2.75) is 25.5 Å². The average Bonchev–Trinajstić information content (AvgIpc) is 2.30. The van der Waals surface area contributed by atoms with Gasteiger partial charge in [-0.25, -0.2) is 9.59 Å². The lowest BCUT2D eigenvalue weighted by Gasteiger charge is -2.08. The highest BCUT2D eigenvalue weighted by Crippen LogP contribution is 2.11. The molecule has 0 aromatic carbocycles. The summed E-state index contributed by atoms with van der Waals surface area (Å²) in [6.07, 6.45) is -1.11.